The number of nitrogens with zero attached hydrogens (tertiary/aromatic N) is 5. The van der Waals surface area contributed by atoms with Crippen molar-refractivity contribution in [3.63, 3.8) is 0 Å². The molecule has 1 amide bonds. The number of carbonyl (C=O) groups excluding carboxylic acids is 1. The summed E-state index contributed by atoms with van der Waals surface area (Å²) in [7, 11) is 2.17. The van der Waals surface area contributed by atoms with E-state index in [1.165, 1.54) is 10.5 Å². The number of hydrogen-bond acceptors (Lipinski definition) is 8. The minimum absolute atomic E-state index is 0.0129. The van der Waals surface area contributed by atoms with Crippen molar-refractivity contribution in [2.75, 3.05) is 50.1 Å². The van der Waals surface area contributed by atoms with E-state index in [0.717, 1.165) is 38.3 Å². The molecule has 0 spiro atoms. The lowest BCUT2D eigenvalue weighted by molar-refractivity contribution is 0.142. The van der Waals surface area contributed by atoms with Gasteiger partial charge in [-0.1, -0.05) is 24.3 Å². The average Bonchev–Trinajstić information content (AvgIpc) is 3.18. The summed E-state index contributed by atoms with van der Waals surface area (Å²) in [6.45, 7) is 9.23. The lowest BCUT2D eigenvalue weighted by Gasteiger charge is -2.32. The number of aliphatic hydroxyl groups is 1. The van der Waals surface area contributed by atoms with E-state index in [2.05, 4.69) is 56.4 Å². The Balaban J connectivity index is 1.39. The van der Waals surface area contributed by atoms with Gasteiger partial charge in [0.2, 0.25) is 5.95 Å². The van der Waals surface area contributed by atoms with Gasteiger partial charge in [0, 0.05) is 38.9 Å². The van der Waals surface area contributed by atoms with Gasteiger partial charge >= 0.3 is 6.09 Å². The fourth-order valence-electron chi connectivity index (χ4n) is 4.06. The van der Waals surface area contributed by atoms with Crippen LogP contribution >= 0.6 is 0 Å². The first-order valence-electron chi connectivity index (χ1n) is 11.1. The van der Waals surface area contributed by atoms with Gasteiger partial charge in [-0.2, -0.15) is 4.98 Å². The Morgan fingerprint density at radius 3 is 2.56 bits per heavy atom. The summed E-state index contributed by atoms with van der Waals surface area (Å²) in [5.41, 5.74) is 2.43. The van der Waals surface area contributed by atoms with Gasteiger partial charge in [-0.3, -0.25) is 9.80 Å². The van der Waals surface area contributed by atoms with Crippen LogP contribution < -0.4 is 10.2 Å². The maximum atomic E-state index is 12.1. The number of nitrogens with one attached hydrogen (secondary N) is 1. The summed E-state index contributed by atoms with van der Waals surface area (Å²) in [5, 5.41) is 13.3. The third kappa shape index (κ3) is 5.17. The summed E-state index contributed by atoms with van der Waals surface area (Å²) in [4.78, 5) is 27.2. The summed E-state index contributed by atoms with van der Waals surface area (Å²) in [6, 6.07) is 9.79. The number of rotatable bonds is 7. The van der Waals surface area contributed by atoms with Gasteiger partial charge in [-0.05, 0) is 38.1 Å². The van der Waals surface area contributed by atoms with Crippen LogP contribution in [0.1, 0.15) is 31.0 Å². The maximum absolute atomic E-state index is 12.1. The highest BCUT2D eigenvalue weighted by Gasteiger charge is 2.38. The van der Waals surface area contributed by atoms with Crippen LogP contribution in [0, 0.1) is 0 Å². The van der Waals surface area contributed by atoms with E-state index < -0.39 is 18.2 Å². The van der Waals surface area contributed by atoms with Crippen LogP contribution in [0.25, 0.3) is 0 Å². The van der Waals surface area contributed by atoms with Crippen molar-refractivity contribution < 1.29 is 14.6 Å². The number of piperazine rings is 1. The summed E-state index contributed by atoms with van der Waals surface area (Å²) in [6.07, 6.45) is 0.363. The van der Waals surface area contributed by atoms with Crippen molar-refractivity contribution in [2.45, 2.75) is 38.6 Å². The summed E-state index contributed by atoms with van der Waals surface area (Å²) in [5.74, 6) is 0.825. The first kappa shape index (κ1) is 22.4. The molecule has 4 rings (SSSR count). The molecule has 9 nitrogen and oxygen atoms in total. The van der Waals surface area contributed by atoms with E-state index in [-0.39, 0.29) is 12.6 Å². The Morgan fingerprint density at radius 1 is 1.16 bits per heavy atom. The second kappa shape index (κ2) is 9.81. The number of benzene rings is 1. The number of aromatic nitrogens is 2. The Hall–Kier alpha value is -2.75. The molecule has 1 aromatic carbocycles. The summed E-state index contributed by atoms with van der Waals surface area (Å²) >= 11 is 0. The fraction of sp³-hybridized carbons (Fsp3) is 0.522. The molecule has 0 bridgehead atoms. The number of anilines is 2. The zero-order valence-corrected chi connectivity index (χ0v) is 18.9. The number of likely N-dealkylation sites (N-methyl/N-ethyl adjacent to an activating group) is 1. The average molecular weight is 441 g/mol. The van der Waals surface area contributed by atoms with Crippen LogP contribution in [0.5, 0.6) is 0 Å². The van der Waals surface area contributed by atoms with Gasteiger partial charge < -0.3 is 20.1 Å². The lowest BCUT2D eigenvalue weighted by Crippen LogP contribution is -2.43. The Kier molecular flexibility index (Phi) is 6.88. The highest BCUT2D eigenvalue weighted by atomic mass is 16.6. The largest absolute Gasteiger partial charge is 0.447 e. The van der Waals surface area contributed by atoms with E-state index in [1.54, 1.807) is 19.2 Å². The highest BCUT2D eigenvalue weighted by Crippen LogP contribution is 2.25. The standard InChI is InChI=1S/C23H32N6O3/c1-16(19-6-4-18(5-7-19)14-28-12-10-27(3)11-13-28)25-22-24-9-8-21(26-22)29-20(17(2)30)15-32-23(29)31/h4-9,16-17,20,30H,10-15H2,1-3H3,(H,24,25,26)/t16-,17+,20?/m0/s1. The number of carbonyl (C=O) groups is 1. The SMILES string of the molecule is C[C@H](Nc1nccc(N2C(=O)OCC2[C@@H](C)O)n1)c1ccc(CN2CCN(C)CC2)cc1. The molecule has 3 heterocycles. The molecule has 2 aromatic rings. The van der Waals surface area contributed by atoms with E-state index in [1.807, 2.05) is 6.92 Å². The van der Waals surface area contributed by atoms with Gasteiger partial charge in [-0.25, -0.2) is 9.78 Å². The molecule has 0 radical (unpaired) electrons. The van der Waals surface area contributed by atoms with E-state index in [9.17, 15) is 9.90 Å². The zero-order valence-electron chi connectivity index (χ0n) is 18.9. The zero-order chi connectivity index (χ0) is 22.7. The lowest BCUT2D eigenvalue weighted by atomic mass is 10.1. The molecule has 9 heteroatoms. The van der Waals surface area contributed by atoms with E-state index in [4.69, 9.17) is 4.74 Å². The molecule has 3 atom stereocenters. The third-order valence-corrected chi connectivity index (χ3v) is 6.18. The monoisotopic (exact) mass is 440 g/mol. The van der Waals surface area contributed by atoms with Crippen molar-refractivity contribution >= 4 is 17.9 Å². The molecule has 2 aliphatic heterocycles. The highest BCUT2D eigenvalue weighted by molar-refractivity contribution is 5.89. The molecule has 1 aromatic heterocycles. The normalized spacial score (nSPS) is 21.9. The minimum Gasteiger partial charge on any atom is -0.447 e. The Morgan fingerprint density at radius 2 is 1.88 bits per heavy atom. The van der Waals surface area contributed by atoms with Crippen LogP contribution in [-0.2, 0) is 11.3 Å². The minimum atomic E-state index is -0.726. The molecule has 2 saturated heterocycles. The van der Waals surface area contributed by atoms with Crippen molar-refractivity contribution in [2.24, 2.45) is 0 Å². The van der Waals surface area contributed by atoms with E-state index >= 15 is 0 Å². The first-order chi connectivity index (χ1) is 15.4. The Labute approximate surface area is 189 Å². The molecule has 0 aliphatic carbocycles. The quantitative estimate of drug-likeness (QED) is 0.676. The second-order valence-electron chi connectivity index (χ2n) is 8.68. The van der Waals surface area contributed by atoms with Gasteiger partial charge in [0.05, 0.1) is 12.1 Å². The van der Waals surface area contributed by atoms with Crippen molar-refractivity contribution in [3.05, 3.63) is 47.7 Å². The number of ether oxygens (including phenoxy) is 1. The molecule has 2 aliphatic rings. The van der Waals surface area contributed by atoms with Crippen molar-refractivity contribution in [3.8, 4) is 0 Å². The number of amides is 1. The van der Waals surface area contributed by atoms with Crippen LogP contribution in [0.2, 0.25) is 0 Å². The second-order valence-corrected chi connectivity index (χ2v) is 8.68. The predicted molar refractivity (Wildman–Crippen MR) is 123 cm³/mol. The fourth-order valence-corrected chi connectivity index (χ4v) is 4.06. The summed E-state index contributed by atoms with van der Waals surface area (Å²) < 4.78 is 5.10. The van der Waals surface area contributed by atoms with Crippen LogP contribution in [0.15, 0.2) is 36.5 Å². The van der Waals surface area contributed by atoms with Crippen LogP contribution in [0.4, 0.5) is 16.6 Å². The number of cyclic esters (lactones) is 1. The molecular weight excluding hydrogens is 408 g/mol. The van der Waals surface area contributed by atoms with Crippen molar-refractivity contribution in [1.82, 2.24) is 19.8 Å². The van der Waals surface area contributed by atoms with Crippen LogP contribution in [0.3, 0.4) is 0 Å². The molecule has 2 fully saturated rings. The van der Waals surface area contributed by atoms with Gasteiger partial charge in [-0.15, -0.1) is 0 Å². The maximum Gasteiger partial charge on any atom is 0.416 e. The first-order valence-corrected chi connectivity index (χ1v) is 11.1. The molecule has 172 valence electrons. The molecule has 1 unspecified atom stereocenters. The van der Waals surface area contributed by atoms with E-state index in [0.29, 0.717) is 11.8 Å². The third-order valence-electron chi connectivity index (χ3n) is 6.18. The van der Waals surface area contributed by atoms with Gasteiger partial charge in [0.25, 0.3) is 0 Å². The predicted octanol–water partition coefficient (Wildman–Crippen LogP) is 2.10. The van der Waals surface area contributed by atoms with Gasteiger partial charge in [0.15, 0.2) is 0 Å². The number of aliphatic hydroxyl groups excluding tert-OH is 1. The van der Waals surface area contributed by atoms with Gasteiger partial charge in [0.1, 0.15) is 18.5 Å². The number of hydrogen-bond donors (Lipinski definition) is 2. The van der Waals surface area contributed by atoms with Crippen molar-refractivity contribution in [1.29, 1.82) is 0 Å². The van der Waals surface area contributed by atoms with Crippen LogP contribution in [-0.4, -0.2) is 82.9 Å². The molecular formula is C23H32N6O3. The topological polar surface area (TPSA) is 94.1 Å². The molecule has 0 saturated carbocycles. The molecule has 32 heavy (non-hydrogen) atoms. The Bertz CT molecular complexity index is 914. The smallest absolute Gasteiger partial charge is 0.416 e. The molecule has 2 N–H and O–H groups in total.